The van der Waals surface area contributed by atoms with Crippen LogP contribution in [0.5, 0.6) is 0 Å². The first-order valence-corrected chi connectivity index (χ1v) is 28.1. The molecule has 0 spiro atoms. The summed E-state index contributed by atoms with van der Waals surface area (Å²) in [6.45, 7) is 3.75. The number of hydrogen-bond acceptors (Lipinski definition) is 8. The van der Waals surface area contributed by atoms with E-state index in [0.717, 1.165) is 83.5 Å². The van der Waals surface area contributed by atoms with Crippen LogP contribution in [0, 0.1) is 0 Å². The van der Waals surface area contributed by atoms with E-state index in [4.69, 9.17) is 29.4 Å². The quantitative estimate of drug-likeness (QED) is 0.0232. The van der Waals surface area contributed by atoms with Gasteiger partial charge in [0, 0.05) is 13.0 Å². The summed E-state index contributed by atoms with van der Waals surface area (Å²) in [7, 11) is -4.64. The fraction of sp³-hybridized carbons (Fsp3) is 0.714. The molecule has 10 nitrogen and oxygen atoms in total. The van der Waals surface area contributed by atoms with E-state index < -0.39 is 45.1 Å². The Balaban J connectivity index is 4.20. The summed E-state index contributed by atoms with van der Waals surface area (Å²) in [5.41, 5.74) is 5.38. The van der Waals surface area contributed by atoms with Gasteiger partial charge >= 0.3 is 19.8 Å². The predicted molar refractivity (Wildman–Crippen MR) is 281 cm³/mol. The van der Waals surface area contributed by atoms with E-state index in [1.165, 1.54) is 109 Å². The van der Waals surface area contributed by atoms with Crippen molar-refractivity contribution in [3.63, 3.8) is 0 Å². The lowest BCUT2D eigenvalue weighted by Gasteiger charge is -2.20. The lowest BCUT2D eigenvalue weighted by Crippen LogP contribution is -2.34. The molecular weight excluding hydrogens is 862 g/mol. The van der Waals surface area contributed by atoms with Gasteiger partial charge in [-0.2, -0.15) is 0 Å². The number of esters is 1. The van der Waals surface area contributed by atoms with E-state index in [1.54, 1.807) is 0 Å². The van der Waals surface area contributed by atoms with Crippen molar-refractivity contribution >= 4 is 19.8 Å². The van der Waals surface area contributed by atoms with Crippen molar-refractivity contribution < 1.29 is 42.7 Å². The Morgan fingerprint density at radius 1 is 0.493 bits per heavy atom. The standard InChI is InChI=1S/C56H98NO9P/c1-3-5-7-9-11-13-15-17-19-21-23-25-27-28-30-32-34-36-38-40-42-44-46-48-55(58)66-53(51-64-67(61,62)65-52-54(57)56(59)60)50-63-49-47-45-43-41-39-37-35-33-31-29-26-24-22-20-18-16-14-12-10-8-6-4-2/h5,7,11,13,17,19,22-25,28,30,34,36,53-54H,3-4,6,8-10,12,14-16,18,20-21,26-27,29,31-33,35,37-52,57H2,1-2H3,(H,59,60)(H,61,62)/b7-5-,13-11-,19-17-,24-22-,25-23-,30-28-,36-34-. The van der Waals surface area contributed by atoms with Gasteiger partial charge in [0.15, 0.2) is 0 Å². The summed E-state index contributed by atoms with van der Waals surface area (Å²) in [5.74, 6) is -1.81. The third-order valence-corrected chi connectivity index (χ3v) is 12.1. The van der Waals surface area contributed by atoms with E-state index in [2.05, 4.69) is 98.9 Å². The number of nitrogens with two attached hydrogens (primary N) is 1. The summed E-state index contributed by atoms with van der Waals surface area (Å²) in [6, 6.07) is -1.48. The van der Waals surface area contributed by atoms with Crippen LogP contribution in [-0.2, 0) is 32.7 Å². The monoisotopic (exact) mass is 960 g/mol. The van der Waals surface area contributed by atoms with Crippen molar-refractivity contribution in [2.24, 2.45) is 5.73 Å². The van der Waals surface area contributed by atoms with Gasteiger partial charge in [0.25, 0.3) is 0 Å². The molecule has 0 aliphatic carbocycles. The Labute approximate surface area is 409 Å². The summed E-state index contributed by atoms with van der Waals surface area (Å²) in [4.78, 5) is 33.7. The van der Waals surface area contributed by atoms with Gasteiger partial charge in [-0.25, -0.2) is 4.57 Å². The Morgan fingerprint density at radius 3 is 1.31 bits per heavy atom. The Morgan fingerprint density at radius 2 is 0.866 bits per heavy atom. The van der Waals surface area contributed by atoms with Crippen LogP contribution in [0.15, 0.2) is 85.1 Å². The van der Waals surface area contributed by atoms with Gasteiger partial charge in [-0.3, -0.25) is 18.6 Å². The van der Waals surface area contributed by atoms with E-state index in [1.807, 2.05) is 0 Å². The van der Waals surface area contributed by atoms with E-state index in [9.17, 15) is 19.0 Å². The zero-order chi connectivity index (χ0) is 49.0. The first kappa shape index (κ1) is 64.2. The average Bonchev–Trinajstić information content (AvgIpc) is 3.31. The van der Waals surface area contributed by atoms with Crippen molar-refractivity contribution in [1.29, 1.82) is 0 Å². The van der Waals surface area contributed by atoms with Crippen LogP contribution in [0.25, 0.3) is 0 Å². The molecule has 0 rings (SSSR count). The molecule has 0 aromatic carbocycles. The lowest BCUT2D eigenvalue weighted by molar-refractivity contribution is -0.154. The molecule has 0 saturated carbocycles. The number of carboxylic acid groups (broad SMARTS) is 1. The minimum atomic E-state index is -4.64. The topological polar surface area (TPSA) is 155 Å². The number of carboxylic acids is 1. The van der Waals surface area contributed by atoms with Gasteiger partial charge in [0.05, 0.1) is 19.8 Å². The summed E-state index contributed by atoms with van der Waals surface area (Å²) >= 11 is 0. The summed E-state index contributed by atoms with van der Waals surface area (Å²) in [6.07, 6.45) is 66.4. The minimum Gasteiger partial charge on any atom is -0.480 e. The number of unbranched alkanes of at least 4 members (excludes halogenated alkanes) is 22. The van der Waals surface area contributed by atoms with E-state index >= 15 is 0 Å². The van der Waals surface area contributed by atoms with Crippen LogP contribution < -0.4 is 5.73 Å². The average molecular weight is 960 g/mol. The molecule has 4 N–H and O–H groups in total. The third-order valence-electron chi connectivity index (χ3n) is 11.2. The van der Waals surface area contributed by atoms with Gasteiger partial charge in [0.1, 0.15) is 12.1 Å². The maximum absolute atomic E-state index is 12.7. The number of phosphoric acid groups is 1. The smallest absolute Gasteiger partial charge is 0.472 e. The predicted octanol–water partition coefficient (Wildman–Crippen LogP) is 15.9. The Bertz CT molecular complexity index is 1390. The molecule has 0 bridgehead atoms. The molecule has 0 aromatic rings. The first-order valence-electron chi connectivity index (χ1n) is 26.6. The molecule has 3 atom stereocenters. The largest absolute Gasteiger partial charge is 0.480 e. The Kier molecular flexibility index (Phi) is 48.8. The number of allylic oxidation sites excluding steroid dienone is 14. The number of phosphoric ester groups is 1. The highest BCUT2D eigenvalue weighted by molar-refractivity contribution is 7.47. The maximum atomic E-state index is 12.7. The molecule has 3 unspecified atom stereocenters. The van der Waals surface area contributed by atoms with Crippen molar-refractivity contribution in [1.82, 2.24) is 0 Å². The molecule has 386 valence electrons. The van der Waals surface area contributed by atoms with Crippen LogP contribution in [0.4, 0.5) is 0 Å². The molecule has 0 aliphatic heterocycles. The number of aliphatic carboxylic acids is 1. The van der Waals surface area contributed by atoms with Crippen LogP contribution in [0.2, 0.25) is 0 Å². The number of rotatable bonds is 50. The van der Waals surface area contributed by atoms with Gasteiger partial charge in [-0.05, 0) is 89.9 Å². The molecule has 0 radical (unpaired) electrons. The molecule has 0 heterocycles. The molecule has 0 amide bonds. The van der Waals surface area contributed by atoms with E-state index in [0.29, 0.717) is 13.0 Å². The summed E-state index contributed by atoms with van der Waals surface area (Å²) in [5, 5.41) is 8.94. The first-order chi connectivity index (χ1) is 32.7. The van der Waals surface area contributed by atoms with Gasteiger partial charge in [0.2, 0.25) is 0 Å². The second-order valence-electron chi connectivity index (χ2n) is 17.6. The van der Waals surface area contributed by atoms with Crippen molar-refractivity contribution in [2.45, 2.75) is 231 Å². The molecule has 67 heavy (non-hydrogen) atoms. The Hall–Kier alpha value is -2.85. The molecule has 0 aromatic heterocycles. The van der Waals surface area contributed by atoms with Gasteiger partial charge in [-0.15, -0.1) is 0 Å². The van der Waals surface area contributed by atoms with Gasteiger partial charge < -0.3 is 25.2 Å². The highest BCUT2D eigenvalue weighted by Crippen LogP contribution is 2.43. The number of hydrogen-bond donors (Lipinski definition) is 3. The minimum absolute atomic E-state index is 0.00137. The third kappa shape index (κ3) is 50.8. The fourth-order valence-electron chi connectivity index (χ4n) is 7.07. The second kappa shape index (κ2) is 51.0. The second-order valence-corrected chi connectivity index (χ2v) is 19.1. The summed E-state index contributed by atoms with van der Waals surface area (Å²) < 4.78 is 33.5. The van der Waals surface area contributed by atoms with Crippen molar-refractivity contribution in [3.8, 4) is 0 Å². The molecule has 0 aliphatic rings. The normalized spacial score (nSPS) is 14.3. The zero-order valence-electron chi connectivity index (χ0n) is 42.5. The van der Waals surface area contributed by atoms with Crippen molar-refractivity contribution in [2.75, 3.05) is 26.4 Å². The SMILES string of the molecule is CC/C=C\C/C=C\C/C=C\C/C=C\C/C=C\C/C=C\CCCCCCC(=O)OC(COCCCCCCCCCCCC/C=C\CCCCCCCCCC)COP(=O)(O)OCC(N)C(=O)O. The molecular formula is C56H98NO9P. The number of carbonyl (C=O) groups is 2. The number of carbonyl (C=O) groups excluding carboxylic acids is 1. The molecule has 0 saturated heterocycles. The lowest BCUT2D eigenvalue weighted by atomic mass is 10.1. The van der Waals surface area contributed by atoms with Crippen molar-refractivity contribution in [3.05, 3.63) is 85.1 Å². The highest BCUT2D eigenvalue weighted by atomic mass is 31.2. The van der Waals surface area contributed by atoms with Crippen LogP contribution in [-0.4, -0.2) is 60.5 Å². The zero-order valence-corrected chi connectivity index (χ0v) is 43.4. The van der Waals surface area contributed by atoms with Crippen LogP contribution >= 0.6 is 7.82 Å². The fourth-order valence-corrected chi connectivity index (χ4v) is 7.85. The highest BCUT2D eigenvalue weighted by Gasteiger charge is 2.27. The maximum Gasteiger partial charge on any atom is 0.472 e. The molecule has 11 heteroatoms. The van der Waals surface area contributed by atoms with Gasteiger partial charge in [-0.1, -0.05) is 208 Å². The van der Waals surface area contributed by atoms with Crippen LogP contribution in [0.1, 0.15) is 219 Å². The number of ether oxygens (including phenoxy) is 2. The molecule has 0 fully saturated rings. The van der Waals surface area contributed by atoms with E-state index in [-0.39, 0.29) is 13.0 Å². The van der Waals surface area contributed by atoms with Crippen LogP contribution in [0.3, 0.4) is 0 Å².